The fourth-order valence-corrected chi connectivity index (χ4v) is 3.66. The first kappa shape index (κ1) is 20.0. The molecule has 0 amide bonds. The van der Waals surface area contributed by atoms with Crippen molar-refractivity contribution in [3.8, 4) is 5.88 Å². The van der Waals surface area contributed by atoms with E-state index in [1.165, 1.54) is 76.3 Å². The van der Waals surface area contributed by atoms with Gasteiger partial charge in [0.25, 0.3) is 0 Å². The Labute approximate surface area is 155 Å². The molecular weight excluding hydrogens is 332 g/mol. The molecule has 0 saturated heterocycles. The van der Waals surface area contributed by atoms with Crippen molar-refractivity contribution < 1.29 is 4.74 Å². The molecule has 0 bridgehead atoms. The number of thioether (sulfide) groups is 1. The van der Waals surface area contributed by atoms with Gasteiger partial charge < -0.3 is 9.72 Å². The number of nitrogens with one attached hydrogen (secondary N) is 1. The third-order valence-corrected chi connectivity index (χ3v) is 5.33. The maximum atomic E-state index is 5.73. The van der Waals surface area contributed by atoms with Gasteiger partial charge in [-0.05, 0) is 12.2 Å². The summed E-state index contributed by atoms with van der Waals surface area (Å²) >= 11 is 1.96. The van der Waals surface area contributed by atoms with Crippen LogP contribution in [-0.2, 0) is 0 Å². The lowest BCUT2D eigenvalue weighted by molar-refractivity contribution is 0.333. The largest absolute Gasteiger partial charge is 0.475 e. The van der Waals surface area contributed by atoms with Crippen LogP contribution in [0, 0.1) is 0 Å². The summed E-state index contributed by atoms with van der Waals surface area (Å²) < 4.78 is 5.73. The highest BCUT2D eigenvalue weighted by Crippen LogP contribution is 2.17. The minimum atomic E-state index is 0.599. The van der Waals surface area contributed by atoms with Crippen LogP contribution in [0.25, 0.3) is 11.2 Å². The number of nitrogens with zero attached hydrogens (tertiary/aromatic N) is 3. The van der Waals surface area contributed by atoms with Crippen LogP contribution in [0.5, 0.6) is 5.88 Å². The summed E-state index contributed by atoms with van der Waals surface area (Å²) in [6.45, 7) is 2.95. The summed E-state index contributed by atoms with van der Waals surface area (Å²) in [6, 6.07) is 0. The van der Waals surface area contributed by atoms with Crippen molar-refractivity contribution >= 4 is 22.9 Å². The molecule has 0 saturated carbocycles. The van der Waals surface area contributed by atoms with Crippen molar-refractivity contribution in [2.24, 2.45) is 0 Å². The number of hydrogen-bond donors (Lipinski definition) is 1. The molecule has 0 aliphatic carbocycles. The van der Waals surface area contributed by atoms with Crippen LogP contribution in [-0.4, -0.2) is 38.0 Å². The van der Waals surface area contributed by atoms with E-state index in [-0.39, 0.29) is 0 Å². The highest BCUT2D eigenvalue weighted by atomic mass is 32.2. The number of aromatic amines is 1. The van der Waals surface area contributed by atoms with E-state index in [1.807, 2.05) is 11.8 Å². The van der Waals surface area contributed by atoms with Crippen LogP contribution >= 0.6 is 11.8 Å². The molecule has 0 aliphatic rings. The van der Waals surface area contributed by atoms with E-state index in [1.54, 1.807) is 6.33 Å². The summed E-state index contributed by atoms with van der Waals surface area (Å²) in [5.74, 6) is 2.82. The summed E-state index contributed by atoms with van der Waals surface area (Å²) in [4.78, 5) is 15.4. The number of ether oxygens (including phenoxy) is 1. The Morgan fingerprint density at radius 3 is 2.36 bits per heavy atom. The smallest absolute Gasteiger partial charge is 0.243 e. The monoisotopic (exact) mass is 364 g/mol. The lowest BCUT2D eigenvalue weighted by Gasteiger charge is -2.05. The van der Waals surface area contributed by atoms with Gasteiger partial charge in [-0.2, -0.15) is 16.7 Å². The highest BCUT2D eigenvalue weighted by Gasteiger charge is 2.06. The van der Waals surface area contributed by atoms with E-state index < -0.39 is 0 Å². The molecule has 0 unspecified atom stereocenters. The van der Waals surface area contributed by atoms with E-state index >= 15 is 0 Å². The average molecular weight is 365 g/mol. The van der Waals surface area contributed by atoms with E-state index in [9.17, 15) is 0 Å². The molecule has 5 nitrogen and oxygen atoms in total. The molecule has 0 radical (unpaired) electrons. The van der Waals surface area contributed by atoms with Gasteiger partial charge in [-0.1, -0.05) is 64.7 Å². The standard InChI is InChI=1S/C19H32N4OS/c1-2-3-4-5-6-7-8-9-10-11-13-25-14-12-24-19-17-18(21-15-20-17)22-16-23-19/h15-16H,2-14H2,1H3,(H,20,21,22,23). The number of unbranched alkanes of at least 4 members (excludes halogenated alkanes) is 9. The van der Waals surface area contributed by atoms with Gasteiger partial charge in [0, 0.05) is 5.75 Å². The molecule has 0 spiro atoms. The summed E-state index contributed by atoms with van der Waals surface area (Å²) in [5.41, 5.74) is 1.44. The molecule has 25 heavy (non-hydrogen) atoms. The molecule has 0 aromatic carbocycles. The number of H-pyrrole nitrogens is 1. The maximum Gasteiger partial charge on any atom is 0.243 e. The zero-order chi connectivity index (χ0) is 17.6. The molecule has 2 aromatic rings. The number of imidazole rings is 1. The van der Waals surface area contributed by atoms with Crippen LogP contribution in [0.4, 0.5) is 0 Å². The first-order valence-corrected chi connectivity index (χ1v) is 10.9. The van der Waals surface area contributed by atoms with E-state index in [2.05, 4.69) is 26.9 Å². The van der Waals surface area contributed by atoms with Gasteiger partial charge in [-0.15, -0.1) is 0 Å². The molecular formula is C19H32N4OS. The summed E-state index contributed by atoms with van der Waals surface area (Å²) in [7, 11) is 0. The zero-order valence-electron chi connectivity index (χ0n) is 15.5. The van der Waals surface area contributed by atoms with Crippen LogP contribution < -0.4 is 4.74 Å². The molecule has 0 fully saturated rings. The minimum absolute atomic E-state index is 0.599. The van der Waals surface area contributed by atoms with Gasteiger partial charge in [0.05, 0.1) is 12.9 Å². The van der Waals surface area contributed by atoms with Crippen molar-refractivity contribution in [2.45, 2.75) is 71.1 Å². The van der Waals surface area contributed by atoms with Gasteiger partial charge in [0.15, 0.2) is 5.65 Å². The Balaban J connectivity index is 1.38. The first-order chi connectivity index (χ1) is 12.4. The molecule has 0 atom stereocenters. The van der Waals surface area contributed by atoms with Crippen LogP contribution in [0.3, 0.4) is 0 Å². The molecule has 2 heterocycles. The Morgan fingerprint density at radius 1 is 0.880 bits per heavy atom. The van der Waals surface area contributed by atoms with Crippen molar-refractivity contribution in [1.29, 1.82) is 0 Å². The summed E-state index contributed by atoms with van der Waals surface area (Å²) in [6.07, 6.45) is 17.1. The normalized spacial score (nSPS) is 11.2. The van der Waals surface area contributed by atoms with E-state index in [4.69, 9.17) is 4.74 Å². The molecule has 140 valence electrons. The number of fused-ring (bicyclic) bond motifs is 1. The maximum absolute atomic E-state index is 5.73. The van der Waals surface area contributed by atoms with Crippen molar-refractivity contribution in [3.05, 3.63) is 12.7 Å². The fraction of sp³-hybridized carbons (Fsp3) is 0.737. The predicted molar refractivity (Wildman–Crippen MR) is 106 cm³/mol. The van der Waals surface area contributed by atoms with Crippen molar-refractivity contribution in [3.63, 3.8) is 0 Å². The SMILES string of the molecule is CCCCCCCCCCCCSCCOc1ncnc2nc[nH]c12. The Morgan fingerprint density at radius 2 is 1.60 bits per heavy atom. The third kappa shape index (κ3) is 8.08. The fourth-order valence-electron chi connectivity index (χ4n) is 2.84. The van der Waals surface area contributed by atoms with Gasteiger partial charge in [-0.3, -0.25) is 0 Å². The summed E-state index contributed by atoms with van der Waals surface area (Å²) in [5, 5.41) is 0. The second-order valence-corrected chi connectivity index (χ2v) is 7.65. The van der Waals surface area contributed by atoms with Gasteiger partial charge in [-0.25, -0.2) is 9.97 Å². The molecule has 1 N–H and O–H groups in total. The topological polar surface area (TPSA) is 63.7 Å². The lowest BCUT2D eigenvalue weighted by atomic mass is 10.1. The molecule has 2 rings (SSSR count). The zero-order valence-corrected chi connectivity index (χ0v) is 16.3. The molecule has 6 heteroatoms. The Bertz CT molecular complexity index is 575. The number of hydrogen-bond acceptors (Lipinski definition) is 5. The molecule has 0 aliphatic heterocycles. The highest BCUT2D eigenvalue weighted by molar-refractivity contribution is 7.99. The lowest BCUT2D eigenvalue weighted by Crippen LogP contribution is -2.03. The van der Waals surface area contributed by atoms with Gasteiger partial charge >= 0.3 is 0 Å². The average Bonchev–Trinajstić information content (AvgIpc) is 3.11. The van der Waals surface area contributed by atoms with Crippen molar-refractivity contribution in [1.82, 2.24) is 19.9 Å². The number of rotatable bonds is 15. The Kier molecular flexibility index (Phi) is 10.4. The second kappa shape index (κ2) is 13.0. The third-order valence-electron chi connectivity index (χ3n) is 4.30. The van der Waals surface area contributed by atoms with Crippen LogP contribution in [0.1, 0.15) is 71.1 Å². The quantitative estimate of drug-likeness (QED) is 0.429. The van der Waals surface area contributed by atoms with Gasteiger partial charge in [0.2, 0.25) is 5.88 Å². The second-order valence-electron chi connectivity index (χ2n) is 6.42. The minimum Gasteiger partial charge on any atom is -0.475 e. The van der Waals surface area contributed by atoms with Gasteiger partial charge in [0.1, 0.15) is 11.8 Å². The first-order valence-electron chi connectivity index (χ1n) is 9.76. The predicted octanol–water partition coefficient (Wildman–Crippen LogP) is 5.39. The van der Waals surface area contributed by atoms with E-state index in [0.717, 1.165) is 11.3 Å². The van der Waals surface area contributed by atoms with E-state index in [0.29, 0.717) is 18.1 Å². The Hall–Kier alpha value is -1.30. The number of aromatic nitrogens is 4. The van der Waals surface area contributed by atoms with Crippen LogP contribution in [0.2, 0.25) is 0 Å². The van der Waals surface area contributed by atoms with Crippen LogP contribution in [0.15, 0.2) is 12.7 Å². The van der Waals surface area contributed by atoms with Crippen molar-refractivity contribution in [2.75, 3.05) is 18.1 Å². The molecule has 2 aromatic heterocycles.